The fourth-order valence-electron chi connectivity index (χ4n) is 2.26. The molecule has 0 bridgehead atoms. The zero-order valence-electron chi connectivity index (χ0n) is 8.70. The van der Waals surface area contributed by atoms with Gasteiger partial charge in [-0.2, -0.15) is 0 Å². The molecule has 1 aromatic rings. The number of rotatable bonds is 2. The van der Waals surface area contributed by atoms with E-state index in [2.05, 4.69) is 17.3 Å². The second-order valence-electron chi connectivity index (χ2n) is 4.35. The maximum Gasteiger partial charge on any atom is 0.0959 e. The quantitative estimate of drug-likeness (QED) is 0.815. The van der Waals surface area contributed by atoms with E-state index >= 15 is 0 Å². The first-order valence-corrected chi connectivity index (χ1v) is 6.32. The van der Waals surface area contributed by atoms with E-state index in [1.807, 2.05) is 0 Å². The molecule has 1 saturated carbocycles. The van der Waals surface area contributed by atoms with Gasteiger partial charge in [-0.3, -0.25) is 0 Å². The van der Waals surface area contributed by atoms with Crippen LogP contribution in [-0.4, -0.2) is 4.98 Å². The van der Waals surface area contributed by atoms with E-state index in [0.29, 0.717) is 12.5 Å². The van der Waals surface area contributed by atoms with Gasteiger partial charge < -0.3 is 5.73 Å². The van der Waals surface area contributed by atoms with Crippen molar-refractivity contribution in [3.8, 4) is 0 Å². The van der Waals surface area contributed by atoms with Crippen molar-refractivity contribution in [1.29, 1.82) is 0 Å². The molecule has 0 spiro atoms. The number of nitrogens with zero attached hydrogens (tertiary/aromatic N) is 1. The van der Waals surface area contributed by atoms with Crippen LogP contribution in [0.3, 0.4) is 0 Å². The summed E-state index contributed by atoms with van der Waals surface area (Å²) in [5.41, 5.74) is 6.62. The fraction of sp³-hybridized carbons (Fsp3) is 0.727. The molecule has 2 N–H and O–H groups in total. The standard InChI is InChI=1S/C11H18N2S/c1-8-3-2-4-9(5-8)11-13-10(6-12)7-14-11/h7-9H,2-6,12H2,1H3. The molecule has 14 heavy (non-hydrogen) atoms. The molecular weight excluding hydrogens is 192 g/mol. The zero-order chi connectivity index (χ0) is 9.97. The lowest BCUT2D eigenvalue weighted by molar-refractivity contribution is 0.343. The molecular formula is C11H18N2S. The van der Waals surface area contributed by atoms with Crippen LogP contribution >= 0.6 is 11.3 Å². The summed E-state index contributed by atoms with van der Waals surface area (Å²) in [6.45, 7) is 2.93. The summed E-state index contributed by atoms with van der Waals surface area (Å²) in [7, 11) is 0. The maximum atomic E-state index is 5.56. The second kappa shape index (κ2) is 4.41. The summed E-state index contributed by atoms with van der Waals surface area (Å²) in [4.78, 5) is 4.58. The molecule has 1 aliphatic rings. The Labute approximate surface area is 89.5 Å². The number of aromatic nitrogens is 1. The van der Waals surface area contributed by atoms with Crippen LogP contribution in [0.25, 0.3) is 0 Å². The van der Waals surface area contributed by atoms with Crippen LogP contribution in [0.2, 0.25) is 0 Å². The van der Waals surface area contributed by atoms with Crippen LogP contribution in [0.15, 0.2) is 5.38 Å². The summed E-state index contributed by atoms with van der Waals surface area (Å²) in [6, 6.07) is 0. The van der Waals surface area contributed by atoms with E-state index in [-0.39, 0.29) is 0 Å². The van der Waals surface area contributed by atoms with Gasteiger partial charge in [-0.05, 0) is 18.8 Å². The highest BCUT2D eigenvalue weighted by Crippen LogP contribution is 2.36. The van der Waals surface area contributed by atoms with E-state index in [1.165, 1.54) is 30.7 Å². The van der Waals surface area contributed by atoms with E-state index in [0.717, 1.165) is 11.6 Å². The van der Waals surface area contributed by atoms with Crippen LogP contribution < -0.4 is 5.73 Å². The molecule has 1 fully saturated rings. The molecule has 0 aliphatic heterocycles. The van der Waals surface area contributed by atoms with Crippen LogP contribution in [-0.2, 0) is 6.54 Å². The smallest absolute Gasteiger partial charge is 0.0959 e. The van der Waals surface area contributed by atoms with Crippen molar-refractivity contribution in [2.45, 2.75) is 45.1 Å². The highest BCUT2D eigenvalue weighted by atomic mass is 32.1. The Morgan fingerprint density at radius 3 is 3.07 bits per heavy atom. The Balaban J connectivity index is 2.06. The van der Waals surface area contributed by atoms with Crippen molar-refractivity contribution in [3.05, 3.63) is 16.1 Å². The molecule has 0 amide bonds. The lowest BCUT2D eigenvalue weighted by atomic mass is 9.83. The van der Waals surface area contributed by atoms with Gasteiger partial charge in [0.05, 0.1) is 10.7 Å². The predicted molar refractivity (Wildman–Crippen MR) is 60.4 cm³/mol. The van der Waals surface area contributed by atoms with Gasteiger partial charge in [-0.1, -0.05) is 19.8 Å². The molecule has 2 atom stereocenters. The Kier molecular flexibility index (Phi) is 3.19. The molecule has 2 unspecified atom stereocenters. The molecule has 1 heterocycles. The minimum atomic E-state index is 0.582. The lowest BCUT2D eigenvalue weighted by Gasteiger charge is -2.24. The van der Waals surface area contributed by atoms with Crippen molar-refractivity contribution in [1.82, 2.24) is 4.98 Å². The van der Waals surface area contributed by atoms with Gasteiger partial charge in [0.15, 0.2) is 0 Å². The molecule has 78 valence electrons. The maximum absolute atomic E-state index is 5.56. The first-order chi connectivity index (χ1) is 6.79. The first-order valence-electron chi connectivity index (χ1n) is 5.44. The summed E-state index contributed by atoms with van der Waals surface area (Å²) in [5, 5.41) is 3.42. The van der Waals surface area contributed by atoms with Crippen molar-refractivity contribution in [3.63, 3.8) is 0 Å². The molecule has 1 aromatic heterocycles. The Bertz CT molecular complexity index is 295. The molecule has 0 radical (unpaired) electrons. The lowest BCUT2D eigenvalue weighted by Crippen LogP contribution is -2.11. The van der Waals surface area contributed by atoms with E-state index in [4.69, 9.17) is 5.73 Å². The second-order valence-corrected chi connectivity index (χ2v) is 5.24. The average Bonchev–Trinajstić information content (AvgIpc) is 2.66. The minimum absolute atomic E-state index is 0.582. The van der Waals surface area contributed by atoms with E-state index < -0.39 is 0 Å². The van der Waals surface area contributed by atoms with Crippen molar-refractivity contribution in [2.75, 3.05) is 0 Å². The molecule has 3 heteroatoms. The van der Waals surface area contributed by atoms with Gasteiger partial charge in [0.2, 0.25) is 0 Å². The molecule has 0 aromatic carbocycles. The normalized spacial score (nSPS) is 27.9. The van der Waals surface area contributed by atoms with Crippen LogP contribution in [0.4, 0.5) is 0 Å². The topological polar surface area (TPSA) is 38.9 Å². The third kappa shape index (κ3) is 2.15. The summed E-state index contributed by atoms with van der Waals surface area (Å²) in [6.07, 6.45) is 5.40. The van der Waals surface area contributed by atoms with Gasteiger partial charge in [0, 0.05) is 17.8 Å². The number of thiazole rings is 1. The Morgan fingerprint density at radius 2 is 2.43 bits per heavy atom. The number of hydrogen-bond acceptors (Lipinski definition) is 3. The van der Waals surface area contributed by atoms with Crippen LogP contribution in [0.5, 0.6) is 0 Å². The van der Waals surface area contributed by atoms with Crippen LogP contribution in [0.1, 0.15) is 49.2 Å². The molecule has 2 rings (SSSR count). The van der Waals surface area contributed by atoms with Crippen molar-refractivity contribution < 1.29 is 0 Å². The first kappa shape index (κ1) is 10.1. The van der Waals surface area contributed by atoms with E-state index in [9.17, 15) is 0 Å². The van der Waals surface area contributed by atoms with Crippen molar-refractivity contribution in [2.24, 2.45) is 11.7 Å². The number of nitrogens with two attached hydrogens (primary N) is 1. The molecule has 2 nitrogen and oxygen atoms in total. The predicted octanol–water partition coefficient (Wildman–Crippen LogP) is 2.90. The van der Waals surface area contributed by atoms with Crippen molar-refractivity contribution >= 4 is 11.3 Å². The highest BCUT2D eigenvalue weighted by molar-refractivity contribution is 7.09. The third-order valence-corrected chi connectivity index (χ3v) is 4.12. The van der Waals surface area contributed by atoms with Gasteiger partial charge in [0.1, 0.15) is 0 Å². The molecule has 0 saturated heterocycles. The average molecular weight is 210 g/mol. The van der Waals surface area contributed by atoms with Gasteiger partial charge >= 0.3 is 0 Å². The largest absolute Gasteiger partial charge is 0.325 e. The van der Waals surface area contributed by atoms with Gasteiger partial charge in [-0.25, -0.2) is 4.98 Å². The monoisotopic (exact) mass is 210 g/mol. The number of hydrogen-bond donors (Lipinski definition) is 1. The summed E-state index contributed by atoms with van der Waals surface area (Å²) in [5.74, 6) is 1.59. The molecule has 1 aliphatic carbocycles. The van der Waals surface area contributed by atoms with Gasteiger partial charge in [-0.15, -0.1) is 11.3 Å². The van der Waals surface area contributed by atoms with Gasteiger partial charge in [0.25, 0.3) is 0 Å². The Hall–Kier alpha value is -0.410. The third-order valence-electron chi connectivity index (χ3n) is 3.06. The summed E-state index contributed by atoms with van der Waals surface area (Å²) >= 11 is 1.79. The fourth-order valence-corrected chi connectivity index (χ4v) is 3.24. The zero-order valence-corrected chi connectivity index (χ0v) is 9.52. The minimum Gasteiger partial charge on any atom is -0.325 e. The van der Waals surface area contributed by atoms with Crippen LogP contribution in [0, 0.1) is 5.92 Å². The highest BCUT2D eigenvalue weighted by Gasteiger charge is 2.22. The Morgan fingerprint density at radius 1 is 1.57 bits per heavy atom. The van der Waals surface area contributed by atoms with E-state index in [1.54, 1.807) is 11.3 Å². The SMILES string of the molecule is CC1CCCC(c2nc(CN)cs2)C1. The summed E-state index contributed by atoms with van der Waals surface area (Å²) < 4.78 is 0.